The molecule has 1 fully saturated rings. The van der Waals surface area contributed by atoms with Crippen molar-refractivity contribution in [1.29, 1.82) is 0 Å². The van der Waals surface area contributed by atoms with Crippen molar-refractivity contribution in [1.82, 2.24) is 9.29 Å². The van der Waals surface area contributed by atoms with Crippen molar-refractivity contribution in [3.05, 3.63) is 64.8 Å². The van der Waals surface area contributed by atoms with Gasteiger partial charge >= 0.3 is 0 Å². The Morgan fingerprint density at radius 1 is 1.13 bits per heavy atom. The van der Waals surface area contributed by atoms with Crippen LogP contribution in [-0.4, -0.2) is 36.7 Å². The molecular weight excluding hydrogens is 437 g/mol. The van der Waals surface area contributed by atoms with Crippen LogP contribution in [0.3, 0.4) is 0 Å². The fraction of sp³-hybridized carbons (Fsp3) is 0.273. The Bertz CT molecular complexity index is 1220. The summed E-state index contributed by atoms with van der Waals surface area (Å²) in [4.78, 5) is 17.3. The molecule has 31 heavy (non-hydrogen) atoms. The fourth-order valence-corrected chi connectivity index (χ4v) is 5.80. The summed E-state index contributed by atoms with van der Waals surface area (Å²) >= 11 is 1.22. The molecule has 0 radical (unpaired) electrons. The van der Waals surface area contributed by atoms with Gasteiger partial charge in [0.25, 0.3) is 5.91 Å². The van der Waals surface area contributed by atoms with E-state index in [0.29, 0.717) is 35.0 Å². The highest BCUT2D eigenvalue weighted by Gasteiger charge is 2.27. The summed E-state index contributed by atoms with van der Waals surface area (Å²) in [5.41, 5.74) is 2.11. The van der Waals surface area contributed by atoms with Crippen LogP contribution in [0.1, 0.15) is 35.2 Å². The monoisotopic (exact) mass is 459 g/mol. The van der Waals surface area contributed by atoms with Gasteiger partial charge in [-0.25, -0.2) is 17.8 Å². The number of aryl methyl sites for hydroxylation is 1. The molecule has 0 spiro atoms. The van der Waals surface area contributed by atoms with Crippen LogP contribution in [0, 0.1) is 12.7 Å². The van der Waals surface area contributed by atoms with Gasteiger partial charge in [-0.3, -0.25) is 10.1 Å². The molecule has 2 aromatic carbocycles. The second-order valence-corrected chi connectivity index (χ2v) is 10.2. The molecule has 0 unspecified atom stereocenters. The predicted molar refractivity (Wildman–Crippen MR) is 119 cm³/mol. The molecule has 0 bridgehead atoms. The Labute approximate surface area is 184 Å². The Kier molecular flexibility index (Phi) is 6.17. The zero-order valence-electron chi connectivity index (χ0n) is 17.0. The van der Waals surface area contributed by atoms with Crippen LogP contribution in [0.15, 0.2) is 52.7 Å². The normalized spacial score (nSPS) is 15.0. The van der Waals surface area contributed by atoms with Crippen LogP contribution >= 0.6 is 11.3 Å². The van der Waals surface area contributed by atoms with Crippen molar-refractivity contribution in [2.75, 3.05) is 18.4 Å². The van der Waals surface area contributed by atoms with Crippen LogP contribution in [0.4, 0.5) is 9.52 Å². The quantitative estimate of drug-likeness (QED) is 0.601. The number of piperidine rings is 1. The largest absolute Gasteiger partial charge is 0.298 e. The zero-order valence-corrected chi connectivity index (χ0v) is 18.6. The average Bonchev–Trinajstić information content (AvgIpc) is 3.23. The van der Waals surface area contributed by atoms with Crippen molar-refractivity contribution < 1.29 is 17.6 Å². The third-order valence-corrected chi connectivity index (χ3v) is 7.90. The van der Waals surface area contributed by atoms with Gasteiger partial charge in [0.05, 0.1) is 10.6 Å². The molecule has 0 saturated carbocycles. The molecule has 1 aliphatic rings. The number of sulfonamides is 1. The number of rotatable bonds is 5. The predicted octanol–water partition coefficient (Wildman–Crippen LogP) is 4.68. The maximum Gasteiger partial charge on any atom is 0.257 e. The van der Waals surface area contributed by atoms with E-state index >= 15 is 0 Å². The molecule has 1 amide bonds. The van der Waals surface area contributed by atoms with Crippen LogP contribution in [-0.2, 0) is 10.0 Å². The number of amides is 1. The first-order valence-corrected chi connectivity index (χ1v) is 12.3. The number of halogens is 1. The van der Waals surface area contributed by atoms with Gasteiger partial charge in [-0.1, -0.05) is 24.6 Å². The van der Waals surface area contributed by atoms with E-state index in [0.717, 1.165) is 19.3 Å². The summed E-state index contributed by atoms with van der Waals surface area (Å²) in [5.74, 6) is -0.799. The van der Waals surface area contributed by atoms with Gasteiger partial charge in [0.1, 0.15) is 5.82 Å². The van der Waals surface area contributed by atoms with Crippen LogP contribution < -0.4 is 5.32 Å². The number of nitrogens with one attached hydrogen (secondary N) is 1. The molecule has 0 aliphatic carbocycles. The molecule has 3 aromatic rings. The maximum atomic E-state index is 13.5. The molecule has 4 rings (SSSR count). The minimum atomic E-state index is -3.64. The summed E-state index contributed by atoms with van der Waals surface area (Å²) in [6, 6.07) is 10.7. The lowest BCUT2D eigenvalue weighted by Gasteiger charge is -2.26. The van der Waals surface area contributed by atoms with Gasteiger partial charge in [0.2, 0.25) is 10.0 Å². The third-order valence-electron chi connectivity index (χ3n) is 5.25. The van der Waals surface area contributed by atoms with Crippen molar-refractivity contribution >= 4 is 32.4 Å². The fourth-order valence-electron chi connectivity index (χ4n) is 3.54. The summed E-state index contributed by atoms with van der Waals surface area (Å²) in [6.45, 7) is 2.76. The Morgan fingerprint density at radius 3 is 2.65 bits per heavy atom. The summed E-state index contributed by atoms with van der Waals surface area (Å²) in [6.07, 6.45) is 2.71. The summed E-state index contributed by atoms with van der Waals surface area (Å²) < 4.78 is 40.9. The molecule has 6 nitrogen and oxygen atoms in total. The first-order chi connectivity index (χ1) is 14.8. The number of benzene rings is 2. The molecule has 1 saturated heterocycles. The van der Waals surface area contributed by atoms with Gasteiger partial charge in [0, 0.05) is 29.6 Å². The van der Waals surface area contributed by atoms with Crippen molar-refractivity contribution in [2.45, 2.75) is 31.1 Å². The van der Waals surface area contributed by atoms with Gasteiger partial charge in [-0.2, -0.15) is 4.31 Å². The lowest BCUT2D eigenvalue weighted by Crippen LogP contribution is -2.35. The molecule has 9 heteroatoms. The lowest BCUT2D eigenvalue weighted by molar-refractivity contribution is 0.102. The van der Waals surface area contributed by atoms with Crippen LogP contribution in [0.5, 0.6) is 0 Å². The van der Waals surface area contributed by atoms with E-state index in [4.69, 9.17) is 0 Å². The number of anilines is 1. The molecule has 1 aromatic heterocycles. The molecular formula is C22H22FN3O3S2. The summed E-state index contributed by atoms with van der Waals surface area (Å²) in [5, 5.41) is 4.81. The van der Waals surface area contributed by atoms with E-state index in [1.165, 1.54) is 33.8 Å². The first kappa shape index (κ1) is 21.6. The Hall–Kier alpha value is -2.62. The highest BCUT2D eigenvalue weighted by molar-refractivity contribution is 7.89. The van der Waals surface area contributed by atoms with Crippen molar-refractivity contribution in [2.24, 2.45) is 0 Å². The minimum absolute atomic E-state index is 0.115. The van der Waals surface area contributed by atoms with Gasteiger partial charge in [-0.15, -0.1) is 11.3 Å². The van der Waals surface area contributed by atoms with Gasteiger partial charge in [-0.05, 0) is 49.6 Å². The number of hydrogen-bond donors (Lipinski definition) is 1. The summed E-state index contributed by atoms with van der Waals surface area (Å²) in [7, 11) is -3.64. The highest BCUT2D eigenvalue weighted by Crippen LogP contribution is 2.27. The smallest absolute Gasteiger partial charge is 0.257 e. The van der Waals surface area contributed by atoms with E-state index in [9.17, 15) is 17.6 Å². The Morgan fingerprint density at radius 2 is 1.90 bits per heavy atom. The van der Waals surface area contributed by atoms with E-state index in [-0.39, 0.29) is 16.3 Å². The van der Waals surface area contributed by atoms with Gasteiger partial charge in [0.15, 0.2) is 5.13 Å². The number of aromatic nitrogens is 1. The molecule has 2 heterocycles. The molecule has 162 valence electrons. The van der Waals surface area contributed by atoms with Crippen LogP contribution in [0.25, 0.3) is 11.3 Å². The molecule has 0 atom stereocenters. The van der Waals surface area contributed by atoms with E-state index in [1.54, 1.807) is 36.6 Å². The SMILES string of the molecule is Cc1ccc(S(=O)(=O)N2CCCCC2)cc1C(=O)Nc1nc(-c2cccc(F)c2)cs1. The number of thiazole rings is 1. The number of carbonyl (C=O) groups excluding carboxylic acids is 1. The van der Waals surface area contributed by atoms with Crippen LogP contribution in [0.2, 0.25) is 0 Å². The number of hydrogen-bond acceptors (Lipinski definition) is 5. The number of carbonyl (C=O) groups is 1. The van der Waals surface area contributed by atoms with E-state index in [2.05, 4.69) is 10.3 Å². The van der Waals surface area contributed by atoms with Crippen molar-refractivity contribution in [3.63, 3.8) is 0 Å². The minimum Gasteiger partial charge on any atom is -0.298 e. The van der Waals surface area contributed by atoms with Crippen molar-refractivity contribution in [3.8, 4) is 11.3 Å². The highest BCUT2D eigenvalue weighted by atomic mass is 32.2. The topological polar surface area (TPSA) is 79.4 Å². The second kappa shape index (κ2) is 8.86. The average molecular weight is 460 g/mol. The van der Waals surface area contributed by atoms with Gasteiger partial charge < -0.3 is 0 Å². The molecule has 1 aliphatic heterocycles. The Balaban J connectivity index is 1.56. The number of nitrogens with zero attached hydrogens (tertiary/aromatic N) is 2. The first-order valence-electron chi connectivity index (χ1n) is 9.98. The molecule has 1 N–H and O–H groups in total. The maximum absolute atomic E-state index is 13.5. The second-order valence-electron chi connectivity index (χ2n) is 7.44. The standard InChI is InChI=1S/C22H22FN3O3S2/c1-15-8-9-18(31(28,29)26-10-3-2-4-11-26)13-19(15)21(27)25-22-24-20(14-30-22)16-6-5-7-17(23)12-16/h5-9,12-14H,2-4,10-11H2,1H3,(H,24,25,27). The zero-order chi connectivity index (χ0) is 22.0. The van der Waals surface area contributed by atoms with E-state index in [1.807, 2.05) is 0 Å². The third kappa shape index (κ3) is 4.68. The van der Waals surface area contributed by atoms with E-state index < -0.39 is 15.9 Å². The lowest BCUT2D eigenvalue weighted by atomic mass is 10.1.